The standard InChI is InChI=1S/C15H17F2NS/c1-10(8-13-4-3-7-19-13)18-11(2)12-5-6-14(16)15(17)9-12/h3-7,9-11,18H,8H2,1-2H3. The smallest absolute Gasteiger partial charge is 0.159 e. The second kappa shape index (κ2) is 6.26. The molecule has 0 spiro atoms. The third-order valence-corrected chi connectivity index (χ3v) is 3.96. The van der Waals surface area contributed by atoms with Gasteiger partial charge in [0.25, 0.3) is 0 Å². The Morgan fingerprint density at radius 1 is 1.16 bits per heavy atom. The van der Waals surface area contributed by atoms with Crippen molar-refractivity contribution in [2.24, 2.45) is 0 Å². The molecular weight excluding hydrogens is 264 g/mol. The maximum absolute atomic E-state index is 13.2. The Labute approximate surface area is 116 Å². The zero-order chi connectivity index (χ0) is 13.8. The first-order valence-corrected chi connectivity index (χ1v) is 7.17. The van der Waals surface area contributed by atoms with Gasteiger partial charge in [0.1, 0.15) is 0 Å². The first-order valence-electron chi connectivity index (χ1n) is 6.29. The Bertz CT molecular complexity index is 525. The summed E-state index contributed by atoms with van der Waals surface area (Å²) in [6, 6.07) is 8.45. The molecular formula is C15H17F2NS. The monoisotopic (exact) mass is 281 g/mol. The molecule has 2 aromatic rings. The van der Waals surface area contributed by atoms with Crippen molar-refractivity contribution in [3.63, 3.8) is 0 Å². The summed E-state index contributed by atoms with van der Waals surface area (Å²) in [6.07, 6.45) is 0.936. The number of rotatable bonds is 5. The molecule has 2 atom stereocenters. The number of hydrogen-bond acceptors (Lipinski definition) is 2. The summed E-state index contributed by atoms with van der Waals surface area (Å²) in [7, 11) is 0. The van der Waals surface area contributed by atoms with Gasteiger partial charge in [0.05, 0.1) is 0 Å². The number of nitrogens with one attached hydrogen (secondary N) is 1. The number of benzene rings is 1. The van der Waals surface area contributed by atoms with E-state index in [1.165, 1.54) is 17.0 Å². The minimum atomic E-state index is -0.803. The number of hydrogen-bond donors (Lipinski definition) is 1. The predicted molar refractivity (Wildman–Crippen MR) is 75.4 cm³/mol. The molecule has 2 rings (SSSR count). The van der Waals surface area contributed by atoms with Crippen molar-refractivity contribution >= 4 is 11.3 Å². The van der Waals surface area contributed by atoms with Crippen LogP contribution in [0.1, 0.15) is 30.3 Å². The minimum Gasteiger partial charge on any atom is -0.307 e. The normalized spacial score (nSPS) is 14.3. The van der Waals surface area contributed by atoms with E-state index in [9.17, 15) is 8.78 Å². The summed E-state index contributed by atoms with van der Waals surface area (Å²) in [5.74, 6) is -1.60. The second-order valence-electron chi connectivity index (χ2n) is 4.75. The van der Waals surface area contributed by atoms with Crippen molar-refractivity contribution in [3.05, 3.63) is 57.8 Å². The highest BCUT2D eigenvalue weighted by atomic mass is 32.1. The predicted octanol–water partition coefficient (Wildman–Crippen LogP) is 4.31. The zero-order valence-corrected chi connectivity index (χ0v) is 11.8. The molecule has 0 saturated heterocycles. The van der Waals surface area contributed by atoms with Crippen LogP contribution < -0.4 is 5.32 Å². The van der Waals surface area contributed by atoms with Crippen LogP contribution in [0.5, 0.6) is 0 Å². The van der Waals surface area contributed by atoms with Crippen molar-refractivity contribution < 1.29 is 8.78 Å². The summed E-state index contributed by atoms with van der Waals surface area (Å²) in [6.45, 7) is 4.05. The molecule has 4 heteroatoms. The van der Waals surface area contributed by atoms with Crippen molar-refractivity contribution in [2.75, 3.05) is 0 Å². The van der Waals surface area contributed by atoms with Gasteiger partial charge < -0.3 is 5.32 Å². The molecule has 2 unspecified atom stereocenters. The molecule has 19 heavy (non-hydrogen) atoms. The highest BCUT2D eigenvalue weighted by molar-refractivity contribution is 7.09. The Hall–Kier alpha value is -1.26. The molecule has 0 aliphatic carbocycles. The van der Waals surface area contributed by atoms with Gasteiger partial charge in [0.15, 0.2) is 11.6 Å². The highest BCUT2D eigenvalue weighted by Gasteiger charge is 2.12. The molecule has 1 heterocycles. The van der Waals surface area contributed by atoms with Gasteiger partial charge in [0, 0.05) is 17.0 Å². The summed E-state index contributed by atoms with van der Waals surface area (Å²) in [5, 5.41) is 5.46. The largest absolute Gasteiger partial charge is 0.307 e. The first-order chi connectivity index (χ1) is 9.06. The zero-order valence-electron chi connectivity index (χ0n) is 11.0. The lowest BCUT2D eigenvalue weighted by molar-refractivity contribution is 0.470. The van der Waals surface area contributed by atoms with E-state index in [-0.39, 0.29) is 12.1 Å². The molecule has 1 N–H and O–H groups in total. The average molecular weight is 281 g/mol. The Kier molecular flexibility index (Phi) is 4.66. The molecule has 0 amide bonds. The van der Waals surface area contributed by atoms with Crippen LogP contribution in [0.25, 0.3) is 0 Å². The Morgan fingerprint density at radius 2 is 1.95 bits per heavy atom. The molecule has 1 aromatic carbocycles. The van der Waals surface area contributed by atoms with Gasteiger partial charge in [-0.05, 0) is 49.4 Å². The molecule has 0 bridgehead atoms. The van der Waals surface area contributed by atoms with E-state index in [4.69, 9.17) is 0 Å². The average Bonchev–Trinajstić information content (AvgIpc) is 2.85. The summed E-state index contributed by atoms with van der Waals surface area (Å²) >= 11 is 1.73. The van der Waals surface area contributed by atoms with Gasteiger partial charge in [-0.2, -0.15) is 0 Å². The third-order valence-electron chi connectivity index (χ3n) is 3.07. The maximum atomic E-state index is 13.2. The van der Waals surface area contributed by atoms with Crippen LogP contribution in [0.4, 0.5) is 8.78 Å². The van der Waals surface area contributed by atoms with E-state index in [1.54, 1.807) is 17.4 Å². The first kappa shape index (κ1) is 14.2. The van der Waals surface area contributed by atoms with E-state index in [0.717, 1.165) is 12.0 Å². The van der Waals surface area contributed by atoms with Crippen molar-refractivity contribution in [3.8, 4) is 0 Å². The van der Waals surface area contributed by atoms with Crippen molar-refractivity contribution in [2.45, 2.75) is 32.4 Å². The highest BCUT2D eigenvalue weighted by Crippen LogP contribution is 2.18. The fraction of sp³-hybridized carbons (Fsp3) is 0.333. The van der Waals surface area contributed by atoms with Gasteiger partial charge in [-0.1, -0.05) is 12.1 Å². The van der Waals surface area contributed by atoms with Crippen LogP contribution in [0.15, 0.2) is 35.7 Å². The van der Waals surface area contributed by atoms with Crippen molar-refractivity contribution in [1.29, 1.82) is 0 Å². The molecule has 0 radical (unpaired) electrons. The number of thiophene rings is 1. The molecule has 0 saturated carbocycles. The van der Waals surface area contributed by atoms with Crippen LogP contribution in [0.3, 0.4) is 0 Å². The Morgan fingerprint density at radius 3 is 2.58 bits per heavy atom. The van der Waals surface area contributed by atoms with E-state index in [1.807, 2.05) is 13.0 Å². The van der Waals surface area contributed by atoms with E-state index in [2.05, 4.69) is 23.7 Å². The molecule has 0 aliphatic heterocycles. The molecule has 1 nitrogen and oxygen atoms in total. The summed E-state index contributed by atoms with van der Waals surface area (Å²) in [4.78, 5) is 1.32. The maximum Gasteiger partial charge on any atom is 0.159 e. The van der Waals surface area contributed by atoms with Gasteiger partial charge in [-0.3, -0.25) is 0 Å². The molecule has 102 valence electrons. The lowest BCUT2D eigenvalue weighted by atomic mass is 10.1. The van der Waals surface area contributed by atoms with Gasteiger partial charge in [0.2, 0.25) is 0 Å². The Balaban J connectivity index is 1.96. The summed E-state index contributed by atoms with van der Waals surface area (Å²) < 4.78 is 26.1. The number of halogens is 2. The van der Waals surface area contributed by atoms with Gasteiger partial charge in [-0.15, -0.1) is 11.3 Å². The third kappa shape index (κ3) is 3.85. The van der Waals surface area contributed by atoms with E-state index >= 15 is 0 Å². The van der Waals surface area contributed by atoms with Gasteiger partial charge >= 0.3 is 0 Å². The SMILES string of the molecule is CC(Cc1cccs1)NC(C)c1ccc(F)c(F)c1. The lowest BCUT2D eigenvalue weighted by Crippen LogP contribution is -2.30. The van der Waals surface area contributed by atoms with Crippen LogP contribution >= 0.6 is 11.3 Å². The van der Waals surface area contributed by atoms with E-state index < -0.39 is 11.6 Å². The fourth-order valence-electron chi connectivity index (χ4n) is 2.09. The van der Waals surface area contributed by atoms with Gasteiger partial charge in [-0.25, -0.2) is 8.78 Å². The molecule has 0 aliphatic rings. The quantitative estimate of drug-likeness (QED) is 0.861. The topological polar surface area (TPSA) is 12.0 Å². The van der Waals surface area contributed by atoms with Crippen molar-refractivity contribution in [1.82, 2.24) is 5.32 Å². The van der Waals surface area contributed by atoms with Crippen LogP contribution in [0.2, 0.25) is 0 Å². The minimum absolute atomic E-state index is 0.00920. The second-order valence-corrected chi connectivity index (χ2v) is 5.78. The lowest BCUT2D eigenvalue weighted by Gasteiger charge is -2.20. The van der Waals surface area contributed by atoms with Crippen LogP contribution in [-0.2, 0) is 6.42 Å². The van der Waals surface area contributed by atoms with Crippen LogP contribution in [0, 0.1) is 11.6 Å². The molecule has 0 fully saturated rings. The molecule has 1 aromatic heterocycles. The summed E-state index contributed by atoms with van der Waals surface area (Å²) in [5.41, 5.74) is 0.761. The fourth-order valence-corrected chi connectivity index (χ4v) is 2.93. The van der Waals surface area contributed by atoms with E-state index in [0.29, 0.717) is 0 Å². The van der Waals surface area contributed by atoms with Crippen LogP contribution in [-0.4, -0.2) is 6.04 Å².